The Morgan fingerprint density at radius 3 is 1.20 bits per heavy atom. The molecule has 0 radical (unpaired) electrons. The van der Waals surface area contributed by atoms with Crippen LogP contribution in [-0.4, -0.2) is 0 Å². The van der Waals surface area contributed by atoms with Gasteiger partial charge in [0.05, 0.1) is 11.3 Å². The molecule has 0 atom stereocenters. The normalized spacial score (nSPS) is 3.60. The molecular weight excluding hydrogens is 104 g/mol. The molecule has 3 N–H and O–H groups in total. The maximum atomic E-state index is 8.24. The molecule has 0 aliphatic heterocycles. The molecule has 0 aliphatic rings. The van der Waals surface area contributed by atoms with E-state index in [1.54, 1.807) is 0 Å². The fraction of sp³-hybridized carbons (Fsp3) is 0. The Balaban J connectivity index is -0.0000000200. The molecule has 28 valence electrons. The predicted molar refractivity (Wildman–Crippen MR) is 5.02 cm³/mol. The van der Waals surface area contributed by atoms with Crippen molar-refractivity contribution in [2.75, 3.05) is 0 Å². The molecule has 3 nitrogen and oxygen atoms in total. The summed E-state index contributed by atoms with van der Waals surface area (Å²) in [6.07, 6.45) is 0. The van der Waals surface area contributed by atoms with E-state index in [0.29, 0.717) is 0 Å². The molecule has 0 aliphatic carbocycles. The molecule has 0 spiro atoms. The zero-order valence-corrected chi connectivity index (χ0v) is 5.66. The third-order valence-corrected chi connectivity index (χ3v) is 0. The monoisotopic (exact) mass is 107 g/mol. The van der Waals surface area contributed by atoms with Gasteiger partial charge in [-0.15, -0.1) is 0 Å². The maximum Gasteiger partial charge on any atom is 1.00 e. The number of hydrogen-bond acceptors (Lipinski definition) is 3. The summed E-state index contributed by atoms with van der Waals surface area (Å²) in [5.74, 6) is 0. The van der Waals surface area contributed by atoms with Crippen molar-refractivity contribution in [2.45, 2.75) is 0 Å². The van der Waals surface area contributed by atoms with Crippen LogP contribution in [0.5, 0.6) is 0 Å². The zero-order chi connectivity index (χ0) is 2.71. The van der Waals surface area contributed by atoms with E-state index in [9.17, 15) is 0 Å². The van der Waals surface area contributed by atoms with Crippen LogP contribution in [0.4, 0.5) is 0 Å². The third-order valence-electron chi connectivity index (χ3n) is 0. The smallest absolute Gasteiger partial charge is 0.544 e. The maximum absolute atomic E-state index is 8.24. The Kier molecular flexibility index (Phi) is 62.7. The zero-order valence-electron chi connectivity index (χ0n) is 2.90. The Bertz CT molecular complexity index is 9.61. The third kappa shape index (κ3) is 38.0. The van der Waals surface area contributed by atoms with Crippen molar-refractivity contribution in [1.29, 1.82) is 0 Å². The first-order chi connectivity index (χ1) is 1.41. The molecule has 0 bridgehead atoms. The summed E-state index contributed by atoms with van der Waals surface area (Å²) in [4.78, 5) is 0. The summed E-state index contributed by atoms with van der Waals surface area (Å²) in [5, 5.41) is 0. The molecule has 0 rings (SSSR count). The average molecular weight is 107 g/mol. The summed E-state index contributed by atoms with van der Waals surface area (Å²) in [6, 6.07) is 0. The van der Waals surface area contributed by atoms with Gasteiger partial charge in [0.15, 0.2) is 0 Å². The van der Waals surface area contributed by atoms with Crippen molar-refractivity contribution in [2.24, 2.45) is 0 Å². The van der Waals surface area contributed by atoms with E-state index in [4.69, 9.17) is 9.32 Å². The van der Waals surface area contributed by atoms with Crippen molar-refractivity contribution >= 4 is 0 Å². The standard InChI is InChI=1S/ClO2.H3N.Na/c2-1-3;;/h;1H3;/q-1;;+1. The largest absolute Gasteiger partial charge is 1.00 e. The summed E-state index contributed by atoms with van der Waals surface area (Å²) < 4.78 is 16.5. The molecule has 0 saturated heterocycles. The quantitative estimate of drug-likeness (QED) is 0.314. The van der Waals surface area contributed by atoms with Gasteiger partial charge in [0.25, 0.3) is 0 Å². The molecule has 0 aromatic heterocycles. The molecular formula is H3ClNNaO2. The molecule has 0 unspecified atom stereocenters. The minimum absolute atomic E-state index is 0. The van der Waals surface area contributed by atoms with E-state index in [1.807, 2.05) is 0 Å². The van der Waals surface area contributed by atoms with Crippen LogP contribution < -0.4 is 45.0 Å². The molecule has 0 amide bonds. The van der Waals surface area contributed by atoms with E-state index >= 15 is 0 Å². The van der Waals surface area contributed by atoms with Crippen molar-refractivity contribution in [1.82, 2.24) is 6.15 Å². The van der Waals surface area contributed by atoms with E-state index < -0.39 is 11.3 Å². The number of halogens is 1. The van der Waals surface area contributed by atoms with Gasteiger partial charge in [-0.2, -0.15) is 0 Å². The van der Waals surface area contributed by atoms with Gasteiger partial charge in [-0.25, -0.2) is 0 Å². The van der Waals surface area contributed by atoms with Crippen LogP contribution >= 0.6 is 0 Å². The first kappa shape index (κ1) is 16.4. The topological polar surface area (TPSA) is 81.1 Å². The van der Waals surface area contributed by atoms with E-state index in [-0.39, 0.29) is 35.7 Å². The van der Waals surface area contributed by atoms with Gasteiger partial charge in [-0.05, 0) is 0 Å². The van der Waals surface area contributed by atoms with Gasteiger partial charge in [0.1, 0.15) is 0 Å². The van der Waals surface area contributed by atoms with E-state index in [0.717, 1.165) is 0 Å². The van der Waals surface area contributed by atoms with Gasteiger partial charge in [0.2, 0.25) is 0 Å². The minimum atomic E-state index is -0.417. The molecule has 0 fully saturated rings. The van der Waals surface area contributed by atoms with Crippen molar-refractivity contribution in [3.05, 3.63) is 0 Å². The molecule has 5 heavy (non-hydrogen) atoms. The van der Waals surface area contributed by atoms with Gasteiger partial charge < -0.3 is 15.5 Å². The molecule has 0 aromatic carbocycles. The Labute approximate surface area is 56.3 Å². The molecule has 0 heterocycles. The van der Waals surface area contributed by atoms with Crippen molar-refractivity contribution < 1.29 is 50.2 Å². The van der Waals surface area contributed by atoms with Crippen LogP contribution in [0.25, 0.3) is 0 Å². The fourth-order valence-corrected chi connectivity index (χ4v) is 0. The second-order valence-corrected chi connectivity index (χ2v) is 0.189. The SMILES string of the molecule is N.[Na+].[O-][Cl+][O-]. The summed E-state index contributed by atoms with van der Waals surface area (Å²) in [5.41, 5.74) is 0. The van der Waals surface area contributed by atoms with Crippen LogP contribution in [0.1, 0.15) is 0 Å². The predicted octanol–water partition coefficient (Wildman–Crippen LogP) is -5.21. The Morgan fingerprint density at radius 2 is 1.20 bits per heavy atom. The Morgan fingerprint density at radius 1 is 1.20 bits per heavy atom. The van der Waals surface area contributed by atoms with Crippen LogP contribution in [0.15, 0.2) is 0 Å². The van der Waals surface area contributed by atoms with Gasteiger partial charge in [0, 0.05) is 0 Å². The molecule has 0 saturated carbocycles. The van der Waals surface area contributed by atoms with Crippen LogP contribution in [0.3, 0.4) is 0 Å². The van der Waals surface area contributed by atoms with Crippen LogP contribution in [-0.2, 0) is 0 Å². The van der Waals surface area contributed by atoms with Crippen LogP contribution in [0.2, 0.25) is 0 Å². The first-order valence-electron chi connectivity index (χ1n) is 0.309. The average Bonchev–Trinajstić information content (AvgIpc) is 0.918. The van der Waals surface area contributed by atoms with Crippen molar-refractivity contribution in [3.8, 4) is 0 Å². The second-order valence-electron chi connectivity index (χ2n) is 0.0630. The molecule has 5 heteroatoms. The fourth-order valence-electron chi connectivity index (χ4n) is 0. The van der Waals surface area contributed by atoms with Crippen LogP contribution in [0, 0.1) is 11.3 Å². The summed E-state index contributed by atoms with van der Waals surface area (Å²) >= 11 is -0.417. The Hall–Kier alpha value is 1.17. The van der Waals surface area contributed by atoms with Gasteiger partial charge in [-0.1, -0.05) is 0 Å². The van der Waals surface area contributed by atoms with Crippen molar-refractivity contribution in [3.63, 3.8) is 0 Å². The summed E-state index contributed by atoms with van der Waals surface area (Å²) in [7, 11) is 0. The van der Waals surface area contributed by atoms with E-state index in [2.05, 4.69) is 0 Å². The van der Waals surface area contributed by atoms with E-state index in [1.165, 1.54) is 0 Å². The minimum Gasteiger partial charge on any atom is -0.544 e. The first-order valence-corrected chi connectivity index (χ1v) is 0.926. The second kappa shape index (κ2) is 19.1. The van der Waals surface area contributed by atoms with Gasteiger partial charge >= 0.3 is 29.6 Å². The number of rotatable bonds is 0. The van der Waals surface area contributed by atoms with Gasteiger partial charge in [-0.3, -0.25) is 0 Å². The summed E-state index contributed by atoms with van der Waals surface area (Å²) in [6.45, 7) is 0. The molecule has 0 aromatic rings. The number of hydrogen-bond donors (Lipinski definition) is 1.